The summed E-state index contributed by atoms with van der Waals surface area (Å²) in [7, 11) is 1.71. The molecule has 10 heteroatoms. The Kier molecular flexibility index (Phi) is 8.54. The first-order chi connectivity index (χ1) is 13.2. The van der Waals surface area contributed by atoms with E-state index in [2.05, 4.69) is 15.6 Å². The summed E-state index contributed by atoms with van der Waals surface area (Å²) in [5, 5.41) is 8.99. The summed E-state index contributed by atoms with van der Waals surface area (Å²) in [5.74, 6) is 1.30. The van der Waals surface area contributed by atoms with E-state index in [4.69, 9.17) is 14.2 Å². The Labute approximate surface area is 186 Å². The van der Waals surface area contributed by atoms with Crippen molar-refractivity contribution in [3.8, 4) is 22.1 Å². The molecule has 29 heavy (non-hydrogen) atoms. The first-order valence-electron chi connectivity index (χ1n) is 9.03. The van der Waals surface area contributed by atoms with E-state index in [9.17, 15) is 4.79 Å². The van der Waals surface area contributed by atoms with Gasteiger partial charge in [0.25, 0.3) is 5.91 Å². The maximum absolute atomic E-state index is 12.6. The zero-order valence-corrected chi connectivity index (χ0v) is 18.5. The number of methoxy groups -OCH3 is 1. The quantitative estimate of drug-likeness (QED) is 0.687. The van der Waals surface area contributed by atoms with Gasteiger partial charge in [0.15, 0.2) is 11.5 Å². The van der Waals surface area contributed by atoms with Gasteiger partial charge >= 0.3 is 0 Å². The number of aromatic nitrogens is 1. The number of rotatable bonds is 6. The molecule has 0 radical (unpaired) electrons. The average molecular weight is 462 g/mol. The number of thiazole rings is 1. The number of benzene rings is 1. The number of carbonyl (C=O) groups is 1. The fraction of sp³-hybridized carbons (Fsp3) is 0.474. The molecule has 3 heterocycles. The highest BCUT2D eigenvalue weighted by Crippen LogP contribution is 2.36. The molecule has 2 N–H and O–H groups in total. The van der Waals surface area contributed by atoms with Gasteiger partial charge in [0.05, 0.1) is 6.61 Å². The Bertz CT molecular complexity index is 822. The second-order valence-electron chi connectivity index (χ2n) is 6.97. The number of hydrogen-bond donors (Lipinski definition) is 2. The third-order valence-electron chi connectivity index (χ3n) is 5.10. The largest absolute Gasteiger partial charge is 0.454 e. The van der Waals surface area contributed by atoms with Gasteiger partial charge in [0.2, 0.25) is 6.79 Å². The molecule has 0 saturated carbocycles. The Hall–Kier alpha value is -1.58. The molecule has 0 aliphatic carbocycles. The molecule has 1 saturated heterocycles. The molecule has 1 aromatic heterocycles. The molecule has 1 amide bonds. The van der Waals surface area contributed by atoms with E-state index in [1.165, 1.54) is 11.3 Å². The fourth-order valence-electron chi connectivity index (χ4n) is 3.53. The molecule has 1 fully saturated rings. The van der Waals surface area contributed by atoms with Gasteiger partial charge in [0.1, 0.15) is 10.7 Å². The lowest BCUT2D eigenvalue weighted by Gasteiger charge is -2.37. The van der Waals surface area contributed by atoms with Crippen molar-refractivity contribution in [3.05, 3.63) is 29.3 Å². The van der Waals surface area contributed by atoms with Crippen LogP contribution in [0.4, 0.5) is 0 Å². The van der Waals surface area contributed by atoms with E-state index in [0.717, 1.165) is 42.3 Å². The number of ether oxygens (including phenoxy) is 3. The summed E-state index contributed by atoms with van der Waals surface area (Å²) in [6, 6.07) is 5.69. The van der Waals surface area contributed by atoms with Crippen molar-refractivity contribution in [2.24, 2.45) is 5.41 Å². The minimum absolute atomic E-state index is 0. The minimum atomic E-state index is -0.146. The molecule has 7 nitrogen and oxygen atoms in total. The van der Waals surface area contributed by atoms with Crippen LogP contribution in [0.1, 0.15) is 23.3 Å². The van der Waals surface area contributed by atoms with E-state index in [0.29, 0.717) is 24.6 Å². The Morgan fingerprint density at radius 1 is 1.28 bits per heavy atom. The Morgan fingerprint density at radius 2 is 2.03 bits per heavy atom. The molecule has 2 aromatic rings. The van der Waals surface area contributed by atoms with Crippen LogP contribution in [0.25, 0.3) is 10.6 Å². The van der Waals surface area contributed by atoms with Crippen LogP contribution >= 0.6 is 36.2 Å². The van der Waals surface area contributed by atoms with Crippen LogP contribution in [-0.2, 0) is 4.74 Å². The predicted octanol–water partition coefficient (Wildman–Crippen LogP) is 3.13. The summed E-state index contributed by atoms with van der Waals surface area (Å²) < 4.78 is 16.2. The van der Waals surface area contributed by atoms with Crippen LogP contribution in [0.15, 0.2) is 23.6 Å². The van der Waals surface area contributed by atoms with Crippen LogP contribution in [0, 0.1) is 5.41 Å². The highest BCUT2D eigenvalue weighted by Gasteiger charge is 2.32. The molecule has 1 aromatic carbocycles. The number of piperidine rings is 1. The lowest BCUT2D eigenvalue weighted by atomic mass is 9.79. The fourth-order valence-corrected chi connectivity index (χ4v) is 4.33. The van der Waals surface area contributed by atoms with Gasteiger partial charge in [-0.05, 0) is 44.1 Å². The van der Waals surface area contributed by atoms with E-state index < -0.39 is 0 Å². The lowest BCUT2D eigenvalue weighted by Crippen LogP contribution is -2.47. The number of carbonyl (C=O) groups excluding carboxylic acids is 1. The Morgan fingerprint density at radius 3 is 2.79 bits per heavy atom. The number of hydrogen-bond acceptors (Lipinski definition) is 7. The monoisotopic (exact) mass is 461 g/mol. The molecule has 2 aliphatic heterocycles. The smallest absolute Gasteiger partial charge is 0.270 e. The standard InChI is InChI=1S/C19H23N3O4S.2ClH/c1-24-11-19(4-6-20-7-5-19)10-21-17(23)14-9-27-18(22-14)13-2-3-15-16(8-13)26-12-25-15;;/h2-3,8-9,20H,4-7,10-12H2,1H3,(H,21,23);2*1H. The Balaban J connectivity index is 0.00000150. The van der Waals surface area contributed by atoms with Crippen LogP contribution in [0.3, 0.4) is 0 Å². The first-order valence-corrected chi connectivity index (χ1v) is 9.90. The highest BCUT2D eigenvalue weighted by atomic mass is 35.5. The summed E-state index contributed by atoms with van der Waals surface area (Å²) >= 11 is 1.44. The van der Waals surface area contributed by atoms with E-state index in [1.54, 1.807) is 12.5 Å². The van der Waals surface area contributed by atoms with Gasteiger partial charge in [-0.15, -0.1) is 36.2 Å². The number of nitrogens with zero attached hydrogens (tertiary/aromatic N) is 1. The second kappa shape index (κ2) is 10.4. The molecule has 0 bridgehead atoms. The third kappa shape index (κ3) is 5.32. The topological polar surface area (TPSA) is 81.7 Å². The molecule has 2 aliphatic rings. The molecular formula is C19H25Cl2N3O4S. The van der Waals surface area contributed by atoms with E-state index in [1.807, 2.05) is 18.2 Å². The van der Waals surface area contributed by atoms with Gasteiger partial charge in [-0.1, -0.05) is 0 Å². The van der Waals surface area contributed by atoms with Crippen molar-refractivity contribution >= 4 is 42.1 Å². The molecule has 0 unspecified atom stereocenters. The minimum Gasteiger partial charge on any atom is -0.454 e. The molecule has 160 valence electrons. The van der Waals surface area contributed by atoms with Crippen molar-refractivity contribution < 1.29 is 19.0 Å². The van der Waals surface area contributed by atoms with Gasteiger partial charge in [-0.3, -0.25) is 4.79 Å². The summed E-state index contributed by atoms with van der Waals surface area (Å²) in [4.78, 5) is 17.1. The number of halogens is 2. The van der Waals surface area contributed by atoms with Crippen molar-refractivity contribution in [1.82, 2.24) is 15.6 Å². The maximum atomic E-state index is 12.6. The van der Waals surface area contributed by atoms with Crippen LogP contribution in [-0.4, -0.2) is 51.0 Å². The van der Waals surface area contributed by atoms with Gasteiger partial charge < -0.3 is 24.8 Å². The number of amides is 1. The zero-order valence-electron chi connectivity index (χ0n) is 16.1. The number of fused-ring (bicyclic) bond motifs is 1. The van der Waals surface area contributed by atoms with Crippen LogP contribution in [0.2, 0.25) is 0 Å². The van der Waals surface area contributed by atoms with Crippen molar-refractivity contribution in [3.63, 3.8) is 0 Å². The predicted molar refractivity (Wildman–Crippen MR) is 117 cm³/mol. The molecule has 0 spiro atoms. The maximum Gasteiger partial charge on any atom is 0.270 e. The highest BCUT2D eigenvalue weighted by molar-refractivity contribution is 7.13. The van der Waals surface area contributed by atoms with E-state index in [-0.39, 0.29) is 42.9 Å². The van der Waals surface area contributed by atoms with Gasteiger partial charge in [-0.25, -0.2) is 4.98 Å². The van der Waals surface area contributed by atoms with E-state index >= 15 is 0 Å². The molecule has 0 atom stereocenters. The first kappa shape index (κ1) is 23.7. The zero-order chi connectivity index (χ0) is 18.7. The van der Waals surface area contributed by atoms with Crippen LogP contribution < -0.4 is 20.1 Å². The van der Waals surface area contributed by atoms with Crippen molar-refractivity contribution in [2.75, 3.05) is 40.1 Å². The summed E-state index contributed by atoms with van der Waals surface area (Å²) in [6.45, 7) is 3.38. The van der Waals surface area contributed by atoms with Gasteiger partial charge in [0, 0.05) is 30.0 Å². The lowest BCUT2D eigenvalue weighted by molar-refractivity contribution is 0.0511. The summed E-state index contributed by atoms with van der Waals surface area (Å²) in [5.41, 5.74) is 1.35. The van der Waals surface area contributed by atoms with Crippen LogP contribution in [0.5, 0.6) is 11.5 Å². The summed E-state index contributed by atoms with van der Waals surface area (Å²) in [6.07, 6.45) is 1.97. The van der Waals surface area contributed by atoms with Crippen molar-refractivity contribution in [1.29, 1.82) is 0 Å². The average Bonchev–Trinajstić information content (AvgIpc) is 3.36. The van der Waals surface area contributed by atoms with Crippen molar-refractivity contribution in [2.45, 2.75) is 12.8 Å². The normalized spacial score (nSPS) is 16.4. The molecular weight excluding hydrogens is 437 g/mol. The van der Waals surface area contributed by atoms with Gasteiger partial charge in [-0.2, -0.15) is 0 Å². The number of nitrogens with one attached hydrogen (secondary N) is 2. The molecule has 4 rings (SSSR count). The third-order valence-corrected chi connectivity index (χ3v) is 5.99. The second-order valence-corrected chi connectivity index (χ2v) is 7.83. The SMILES string of the molecule is COCC1(CNC(=O)c2csc(-c3ccc4c(c3)OCO4)n2)CCNCC1.Cl.Cl.